The van der Waals surface area contributed by atoms with Crippen LogP contribution in [0.1, 0.15) is 12.5 Å². The monoisotopic (exact) mass is 352 g/mol. The van der Waals surface area contributed by atoms with Gasteiger partial charge in [0, 0.05) is 5.02 Å². The van der Waals surface area contributed by atoms with Gasteiger partial charge in [0.25, 0.3) is 5.91 Å². The number of nitrogens with zero attached hydrogens (tertiary/aromatic N) is 1. The highest BCUT2D eigenvalue weighted by atomic mass is 35.5. The molecule has 0 saturated carbocycles. The molecule has 1 atom stereocenters. The number of amides is 1. The predicted molar refractivity (Wildman–Crippen MR) is 101 cm³/mol. The first kappa shape index (κ1) is 17.0. The number of hydrogen-bond donors (Lipinski definition) is 1. The molecule has 0 fully saturated rings. The van der Waals surface area contributed by atoms with Crippen LogP contribution in [0, 0.1) is 0 Å². The highest BCUT2D eigenvalue weighted by Gasteiger charge is 2.13. The fourth-order valence-electron chi connectivity index (χ4n) is 2.35. The maximum Gasteiger partial charge on any atom is 0.280 e. The largest absolute Gasteiger partial charge is 0.481 e. The Labute approximate surface area is 151 Å². The third-order valence-corrected chi connectivity index (χ3v) is 3.88. The van der Waals surface area contributed by atoms with Crippen molar-refractivity contribution >= 4 is 34.5 Å². The summed E-state index contributed by atoms with van der Waals surface area (Å²) < 4.78 is 5.55. The maximum atomic E-state index is 12.1. The van der Waals surface area contributed by atoms with E-state index in [4.69, 9.17) is 16.3 Å². The van der Waals surface area contributed by atoms with Crippen molar-refractivity contribution in [3.05, 3.63) is 77.3 Å². The molecule has 0 saturated heterocycles. The first-order chi connectivity index (χ1) is 12.1. The summed E-state index contributed by atoms with van der Waals surface area (Å²) in [5, 5.41) is 6.83. The van der Waals surface area contributed by atoms with Gasteiger partial charge < -0.3 is 4.74 Å². The lowest BCUT2D eigenvalue weighted by atomic mass is 10.1. The molecule has 3 aromatic carbocycles. The second-order valence-corrected chi connectivity index (χ2v) is 5.99. The van der Waals surface area contributed by atoms with E-state index in [2.05, 4.69) is 10.5 Å². The van der Waals surface area contributed by atoms with E-state index in [1.807, 2.05) is 42.5 Å². The van der Waals surface area contributed by atoms with Crippen LogP contribution < -0.4 is 10.2 Å². The molecule has 3 rings (SSSR count). The van der Waals surface area contributed by atoms with E-state index in [0.29, 0.717) is 10.8 Å². The normalized spacial score (nSPS) is 12.2. The van der Waals surface area contributed by atoms with Crippen molar-refractivity contribution in [2.75, 3.05) is 0 Å². The quantitative estimate of drug-likeness (QED) is 0.546. The summed E-state index contributed by atoms with van der Waals surface area (Å²) in [4.78, 5) is 12.1. The summed E-state index contributed by atoms with van der Waals surface area (Å²) in [6, 6.07) is 20.9. The van der Waals surface area contributed by atoms with Gasteiger partial charge in [-0.15, -0.1) is 0 Å². The van der Waals surface area contributed by atoms with Crippen molar-refractivity contribution in [1.82, 2.24) is 5.43 Å². The van der Waals surface area contributed by atoms with E-state index >= 15 is 0 Å². The number of ether oxygens (including phenoxy) is 1. The predicted octanol–water partition coefficient (Wildman–Crippen LogP) is 4.41. The summed E-state index contributed by atoms with van der Waals surface area (Å²) in [5.41, 5.74) is 3.39. The number of rotatable bonds is 5. The highest BCUT2D eigenvalue weighted by Crippen LogP contribution is 2.18. The molecular formula is C20H17ClN2O2. The number of hydrazone groups is 1. The molecule has 4 nitrogen and oxygen atoms in total. The molecule has 0 spiro atoms. The Kier molecular flexibility index (Phi) is 5.31. The smallest absolute Gasteiger partial charge is 0.280 e. The van der Waals surface area contributed by atoms with E-state index in [0.717, 1.165) is 16.3 Å². The van der Waals surface area contributed by atoms with Gasteiger partial charge in [-0.1, -0.05) is 54.1 Å². The molecule has 0 aliphatic carbocycles. The fourth-order valence-corrected chi connectivity index (χ4v) is 2.53. The molecule has 0 radical (unpaired) electrons. The molecule has 0 unspecified atom stereocenters. The number of benzene rings is 3. The molecule has 5 heteroatoms. The number of nitrogens with one attached hydrogen (secondary N) is 1. The van der Waals surface area contributed by atoms with Crippen molar-refractivity contribution < 1.29 is 9.53 Å². The van der Waals surface area contributed by atoms with Crippen LogP contribution in [0.25, 0.3) is 10.8 Å². The van der Waals surface area contributed by atoms with Gasteiger partial charge in [-0.25, -0.2) is 5.43 Å². The van der Waals surface area contributed by atoms with Crippen LogP contribution in [-0.4, -0.2) is 18.2 Å². The number of carbonyl (C=O) groups is 1. The Bertz CT molecular complexity index is 924. The lowest BCUT2D eigenvalue weighted by Crippen LogP contribution is -2.33. The van der Waals surface area contributed by atoms with Gasteiger partial charge in [0.2, 0.25) is 0 Å². The zero-order valence-corrected chi connectivity index (χ0v) is 14.4. The third kappa shape index (κ3) is 4.58. The molecule has 0 aliphatic heterocycles. The molecule has 1 amide bonds. The number of hydrogen-bond acceptors (Lipinski definition) is 3. The first-order valence-corrected chi connectivity index (χ1v) is 8.23. The van der Waals surface area contributed by atoms with Crippen LogP contribution >= 0.6 is 11.6 Å². The highest BCUT2D eigenvalue weighted by molar-refractivity contribution is 6.30. The lowest BCUT2D eigenvalue weighted by Gasteiger charge is -2.12. The van der Waals surface area contributed by atoms with Crippen LogP contribution in [-0.2, 0) is 4.79 Å². The van der Waals surface area contributed by atoms with Gasteiger partial charge in [-0.3, -0.25) is 4.79 Å². The zero-order chi connectivity index (χ0) is 17.6. The van der Waals surface area contributed by atoms with Gasteiger partial charge in [0.15, 0.2) is 6.10 Å². The van der Waals surface area contributed by atoms with Crippen molar-refractivity contribution in [3.8, 4) is 5.75 Å². The third-order valence-electron chi connectivity index (χ3n) is 3.64. The van der Waals surface area contributed by atoms with Crippen LogP contribution in [0.4, 0.5) is 0 Å². The second-order valence-electron chi connectivity index (χ2n) is 5.56. The van der Waals surface area contributed by atoms with E-state index < -0.39 is 6.10 Å². The Balaban J connectivity index is 1.59. The molecule has 1 N–H and O–H groups in total. The van der Waals surface area contributed by atoms with Gasteiger partial charge in [0.1, 0.15) is 5.75 Å². The molecule has 0 aromatic heterocycles. The van der Waals surface area contributed by atoms with E-state index in [9.17, 15) is 4.79 Å². The Morgan fingerprint density at radius 3 is 2.68 bits per heavy atom. The van der Waals surface area contributed by atoms with Crippen LogP contribution in [0.5, 0.6) is 5.75 Å². The Morgan fingerprint density at radius 1 is 1.08 bits per heavy atom. The van der Waals surface area contributed by atoms with Crippen LogP contribution in [0.15, 0.2) is 71.8 Å². The van der Waals surface area contributed by atoms with Crippen LogP contribution in [0.3, 0.4) is 0 Å². The summed E-state index contributed by atoms with van der Waals surface area (Å²) in [5.74, 6) is 0.200. The van der Waals surface area contributed by atoms with E-state index in [1.54, 1.807) is 37.4 Å². The minimum Gasteiger partial charge on any atom is -0.481 e. The standard InChI is InChI=1S/C20H17ClN2O2/c1-14(25-19-8-4-7-18(21)12-19)20(24)23-22-13-15-9-10-16-5-2-3-6-17(16)11-15/h2-14H,1H3,(H,23,24)/b22-13-/t14-/m1/s1. The number of fused-ring (bicyclic) bond motifs is 1. The summed E-state index contributed by atoms with van der Waals surface area (Å²) in [7, 11) is 0. The first-order valence-electron chi connectivity index (χ1n) is 7.86. The average molecular weight is 353 g/mol. The van der Waals surface area contributed by atoms with Gasteiger partial charge in [0.05, 0.1) is 6.21 Å². The van der Waals surface area contributed by atoms with Crippen molar-refractivity contribution in [3.63, 3.8) is 0 Å². The molecule has 0 bridgehead atoms. The molecule has 25 heavy (non-hydrogen) atoms. The number of halogens is 1. The van der Waals surface area contributed by atoms with Crippen LogP contribution in [0.2, 0.25) is 5.02 Å². The van der Waals surface area contributed by atoms with Gasteiger partial charge >= 0.3 is 0 Å². The number of carbonyl (C=O) groups excluding carboxylic acids is 1. The van der Waals surface area contributed by atoms with Crippen molar-refractivity contribution in [1.29, 1.82) is 0 Å². The summed E-state index contributed by atoms with van der Waals surface area (Å²) >= 11 is 5.90. The minimum atomic E-state index is -0.688. The Morgan fingerprint density at radius 2 is 1.88 bits per heavy atom. The average Bonchev–Trinajstić information content (AvgIpc) is 2.61. The maximum absolute atomic E-state index is 12.1. The molecular weight excluding hydrogens is 336 g/mol. The summed E-state index contributed by atoms with van der Waals surface area (Å²) in [6.45, 7) is 1.65. The minimum absolute atomic E-state index is 0.336. The summed E-state index contributed by atoms with van der Waals surface area (Å²) in [6.07, 6.45) is 0.920. The van der Waals surface area contributed by atoms with Crippen molar-refractivity contribution in [2.45, 2.75) is 13.0 Å². The Hall–Kier alpha value is -2.85. The molecule has 126 valence electrons. The SMILES string of the molecule is C[C@@H](Oc1cccc(Cl)c1)C(=O)N/N=C\c1ccc2ccccc2c1. The van der Waals surface area contributed by atoms with Gasteiger partial charge in [-0.2, -0.15) is 5.10 Å². The van der Waals surface area contributed by atoms with E-state index in [1.165, 1.54) is 0 Å². The van der Waals surface area contributed by atoms with E-state index in [-0.39, 0.29) is 5.91 Å². The fraction of sp³-hybridized carbons (Fsp3) is 0.100. The van der Waals surface area contributed by atoms with Gasteiger partial charge in [-0.05, 0) is 47.5 Å². The van der Waals surface area contributed by atoms with Crippen molar-refractivity contribution in [2.24, 2.45) is 5.10 Å². The topological polar surface area (TPSA) is 50.7 Å². The lowest BCUT2D eigenvalue weighted by molar-refractivity contribution is -0.127. The zero-order valence-electron chi connectivity index (χ0n) is 13.6. The second kappa shape index (κ2) is 7.81. The molecule has 0 aliphatic rings. The molecule has 0 heterocycles. The molecule has 3 aromatic rings.